The van der Waals surface area contributed by atoms with Gasteiger partial charge in [0, 0.05) is 24.4 Å². The lowest BCUT2D eigenvalue weighted by Gasteiger charge is -2.23. The zero-order valence-electron chi connectivity index (χ0n) is 10.6. The molecular weight excluding hydrogens is 302 g/mol. The number of aromatic nitrogens is 1. The Balaban J connectivity index is 2.11. The molecule has 2 aromatic heterocycles. The molecule has 2 heterocycles. The Morgan fingerprint density at radius 3 is 2.79 bits per heavy atom. The van der Waals surface area contributed by atoms with Crippen LogP contribution in [0.1, 0.15) is 11.8 Å². The number of hydrogen-bond donors (Lipinski definition) is 1. The second-order valence-electron chi connectivity index (χ2n) is 4.25. The number of likely N-dealkylation sites (N-methyl/N-ethyl adjacent to an activating group) is 1. The molecule has 0 spiro atoms. The molecule has 0 aliphatic heterocycles. The highest BCUT2D eigenvalue weighted by Gasteiger charge is 2.18. The first-order valence-corrected chi connectivity index (χ1v) is 8.86. The van der Waals surface area contributed by atoms with Crippen molar-refractivity contribution in [3.8, 4) is 0 Å². The summed E-state index contributed by atoms with van der Waals surface area (Å²) in [5, 5.41) is 7.79. The van der Waals surface area contributed by atoms with E-state index in [9.17, 15) is 8.42 Å². The van der Waals surface area contributed by atoms with Crippen molar-refractivity contribution in [1.29, 1.82) is 0 Å². The number of rotatable bonds is 5. The van der Waals surface area contributed by atoms with Crippen LogP contribution in [0, 0.1) is 0 Å². The number of anilines is 1. The molecule has 0 amide bonds. The van der Waals surface area contributed by atoms with E-state index in [4.69, 9.17) is 5.14 Å². The van der Waals surface area contributed by atoms with Crippen LogP contribution in [0.3, 0.4) is 0 Å². The van der Waals surface area contributed by atoms with Gasteiger partial charge >= 0.3 is 0 Å². The fourth-order valence-corrected chi connectivity index (χ4v) is 4.02. The minimum Gasteiger partial charge on any atom is -0.348 e. The van der Waals surface area contributed by atoms with E-state index in [0.29, 0.717) is 5.13 Å². The summed E-state index contributed by atoms with van der Waals surface area (Å²) in [5.74, 6) is 0. The maximum atomic E-state index is 11.2. The van der Waals surface area contributed by atoms with Gasteiger partial charge in [-0.2, -0.15) is 0 Å². The molecule has 2 N–H and O–H groups in total. The third kappa shape index (κ3) is 3.53. The Labute approximate surface area is 120 Å². The summed E-state index contributed by atoms with van der Waals surface area (Å²) in [4.78, 5) is 7.39. The van der Waals surface area contributed by atoms with Crippen LogP contribution in [0.2, 0.25) is 0 Å². The van der Waals surface area contributed by atoms with Gasteiger partial charge in [-0.1, -0.05) is 17.4 Å². The fraction of sp³-hybridized carbons (Fsp3) is 0.364. The van der Waals surface area contributed by atoms with Crippen molar-refractivity contribution >= 4 is 37.8 Å². The topological polar surface area (TPSA) is 76.3 Å². The molecule has 2 aromatic rings. The molecule has 0 aliphatic rings. The van der Waals surface area contributed by atoms with Gasteiger partial charge in [0.2, 0.25) is 10.0 Å². The lowest BCUT2D eigenvalue weighted by atomic mass is 10.2. The summed E-state index contributed by atoms with van der Waals surface area (Å²) in [6, 6.07) is 4.35. The highest BCUT2D eigenvalue weighted by Crippen LogP contribution is 2.26. The highest BCUT2D eigenvalue weighted by molar-refractivity contribution is 7.91. The van der Waals surface area contributed by atoms with Crippen molar-refractivity contribution in [2.24, 2.45) is 5.14 Å². The highest BCUT2D eigenvalue weighted by atomic mass is 32.2. The fourth-order valence-electron chi connectivity index (χ4n) is 1.59. The Bertz CT molecular complexity index is 634. The lowest BCUT2D eigenvalue weighted by molar-refractivity contribution is 0.599. The smallest absolute Gasteiger partial charge is 0.249 e. The van der Waals surface area contributed by atoms with Gasteiger partial charge < -0.3 is 4.90 Å². The summed E-state index contributed by atoms with van der Waals surface area (Å²) in [5.41, 5.74) is 0. The lowest BCUT2D eigenvalue weighted by Crippen LogP contribution is -2.30. The molecule has 0 saturated carbocycles. The molecule has 0 unspecified atom stereocenters. The second-order valence-corrected chi connectivity index (χ2v) is 8.08. The van der Waals surface area contributed by atoms with E-state index in [-0.39, 0.29) is 10.3 Å². The summed E-state index contributed by atoms with van der Waals surface area (Å²) >= 11 is 2.81. The van der Waals surface area contributed by atoms with E-state index in [0.717, 1.165) is 17.8 Å². The van der Waals surface area contributed by atoms with Gasteiger partial charge in [-0.25, -0.2) is 18.5 Å². The predicted molar refractivity (Wildman–Crippen MR) is 79.4 cm³/mol. The van der Waals surface area contributed by atoms with E-state index >= 15 is 0 Å². The molecule has 0 bridgehead atoms. The molecule has 5 nitrogen and oxygen atoms in total. The van der Waals surface area contributed by atoms with E-state index in [1.807, 2.05) is 23.4 Å². The molecule has 0 fully saturated rings. The number of sulfonamides is 1. The van der Waals surface area contributed by atoms with Crippen LogP contribution in [0.4, 0.5) is 5.13 Å². The monoisotopic (exact) mass is 317 g/mol. The van der Waals surface area contributed by atoms with Crippen LogP contribution in [0.25, 0.3) is 0 Å². The second kappa shape index (κ2) is 5.58. The number of nitrogens with two attached hydrogens (primary N) is 1. The predicted octanol–water partition coefficient (Wildman–Crippen LogP) is 1.92. The van der Waals surface area contributed by atoms with Crippen molar-refractivity contribution in [2.75, 3.05) is 11.9 Å². The summed E-state index contributed by atoms with van der Waals surface area (Å²) in [6.07, 6.45) is 2.21. The largest absolute Gasteiger partial charge is 0.348 e. The van der Waals surface area contributed by atoms with Crippen LogP contribution < -0.4 is 10.0 Å². The maximum Gasteiger partial charge on any atom is 0.249 e. The minimum absolute atomic E-state index is 0.0951. The van der Waals surface area contributed by atoms with Crippen molar-refractivity contribution < 1.29 is 8.42 Å². The van der Waals surface area contributed by atoms with Crippen LogP contribution in [0.15, 0.2) is 27.9 Å². The van der Waals surface area contributed by atoms with Gasteiger partial charge in [0.15, 0.2) is 9.34 Å². The normalized spacial score (nSPS) is 13.4. The van der Waals surface area contributed by atoms with Gasteiger partial charge in [-0.05, 0) is 18.4 Å². The number of nitrogens with zero attached hydrogens (tertiary/aromatic N) is 2. The summed E-state index contributed by atoms with van der Waals surface area (Å²) in [7, 11) is -1.75. The third-order valence-corrected chi connectivity index (χ3v) is 6.19. The van der Waals surface area contributed by atoms with Gasteiger partial charge in [0.05, 0.1) is 6.20 Å². The van der Waals surface area contributed by atoms with Crippen LogP contribution in [0.5, 0.6) is 0 Å². The molecule has 19 heavy (non-hydrogen) atoms. The first-order valence-electron chi connectivity index (χ1n) is 5.62. The molecular formula is C11H15N3O2S3. The Kier molecular flexibility index (Phi) is 4.24. The van der Waals surface area contributed by atoms with E-state index in [2.05, 4.69) is 18.0 Å². The van der Waals surface area contributed by atoms with E-state index in [1.54, 1.807) is 11.3 Å². The average molecular weight is 317 g/mol. The summed E-state index contributed by atoms with van der Waals surface area (Å²) in [6.45, 7) is 2.08. The van der Waals surface area contributed by atoms with Crippen molar-refractivity contribution in [3.05, 3.63) is 28.6 Å². The standard InChI is InChI=1S/C11H15N3O2S3/c1-8(6-9-4-3-5-17-9)14(2)11-13-7-10(18-11)19(12,15)16/h3-5,7-8H,6H2,1-2H3,(H2,12,15,16)/t8-/m0/s1. The number of hydrogen-bond acceptors (Lipinski definition) is 6. The molecule has 1 atom stereocenters. The van der Waals surface area contributed by atoms with Crippen LogP contribution in [-0.4, -0.2) is 26.5 Å². The zero-order valence-corrected chi connectivity index (χ0v) is 13.1. The Hall–Kier alpha value is -0.960. The Morgan fingerprint density at radius 1 is 1.53 bits per heavy atom. The van der Waals surface area contributed by atoms with E-state index in [1.165, 1.54) is 11.1 Å². The molecule has 0 saturated heterocycles. The molecule has 0 radical (unpaired) electrons. The maximum absolute atomic E-state index is 11.2. The zero-order chi connectivity index (χ0) is 14.0. The Morgan fingerprint density at radius 2 is 2.26 bits per heavy atom. The minimum atomic E-state index is -3.66. The number of thiophene rings is 1. The van der Waals surface area contributed by atoms with E-state index < -0.39 is 10.0 Å². The third-order valence-electron chi connectivity index (χ3n) is 2.79. The SMILES string of the molecule is C[C@@H](Cc1cccs1)N(C)c1ncc(S(N)(=O)=O)s1. The molecule has 0 aromatic carbocycles. The van der Waals surface area contributed by atoms with Crippen molar-refractivity contribution in [2.45, 2.75) is 23.6 Å². The van der Waals surface area contributed by atoms with Gasteiger partial charge in [-0.3, -0.25) is 0 Å². The first kappa shape index (κ1) is 14.4. The first-order chi connectivity index (χ1) is 8.88. The molecule has 8 heteroatoms. The number of primary sulfonamides is 1. The molecule has 104 valence electrons. The van der Waals surface area contributed by atoms with Gasteiger partial charge in [0.25, 0.3) is 0 Å². The molecule has 0 aliphatic carbocycles. The van der Waals surface area contributed by atoms with Gasteiger partial charge in [0.1, 0.15) is 0 Å². The quantitative estimate of drug-likeness (QED) is 0.914. The van der Waals surface area contributed by atoms with Crippen molar-refractivity contribution in [3.63, 3.8) is 0 Å². The van der Waals surface area contributed by atoms with Crippen molar-refractivity contribution in [1.82, 2.24) is 4.98 Å². The number of thiazole rings is 1. The average Bonchev–Trinajstić information content (AvgIpc) is 2.97. The molecule has 2 rings (SSSR count). The van der Waals surface area contributed by atoms with Crippen LogP contribution in [-0.2, 0) is 16.4 Å². The van der Waals surface area contributed by atoms with Crippen LogP contribution >= 0.6 is 22.7 Å². The summed E-state index contributed by atoms with van der Waals surface area (Å²) < 4.78 is 22.5. The van der Waals surface area contributed by atoms with Gasteiger partial charge in [-0.15, -0.1) is 11.3 Å².